The van der Waals surface area contributed by atoms with Crippen LogP contribution in [0.5, 0.6) is 5.75 Å². The number of nitrogens with two attached hydrogens (primary N) is 1. The molecule has 0 heterocycles. The molecule has 0 aromatic heterocycles. The van der Waals surface area contributed by atoms with Gasteiger partial charge in [-0.1, -0.05) is 12.1 Å². The Morgan fingerprint density at radius 2 is 2.09 bits per heavy atom. The van der Waals surface area contributed by atoms with E-state index < -0.39 is 17.4 Å². The van der Waals surface area contributed by atoms with E-state index >= 15 is 0 Å². The number of carbonyl (C=O) groups is 2. The maximum absolute atomic E-state index is 12.0. The van der Waals surface area contributed by atoms with Gasteiger partial charge in [0.25, 0.3) is 5.91 Å². The van der Waals surface area contributed by atoms with Crippen molar-refractivity contribution in [3.8, 4) is 11.8 Å². The number of primary amides is 1. The molecule has 0 aliphatic carbocycles. The summed E-state index contributed by atoms with van der Waals surface area (Å²) in [4.78, 5) is 22.7. The first-order chi connectivity index (χ1) is 10.7. The van der Waals surface area contributed by atoms with Gasteiger partial charge >= 0.3 is 0 Å². The highest BCUT2D eigenvalue weighted by Crippen LogP contribution is 2.16. The first-order valence-electron chi connectivity index (χ1n) is 7.17. The smallest absolute Gasteiger partial charge is 0.262 e. The van der Waals surface area contributed by atoms with Gasteiger partial charge in [0.05, 0.1) is 13.0 Å². The number of nitrogens with one attached hydrogen (secondary N) is 1. The molecule has 122 valence electrons. The maximum Gasteiger partial charge on any atom is 0.262 e. The standard InChI is InChI=1S/C17H21N3O3/c1-17(2,3)20-16(22)13(11-18)9-12-5-4-6-14(10-12)23-8-7-15(19)21/h4-6,9-10H,7-8H2,1-3H3,(H2,19,21)(H,20,22). The average molecular weight is 315 g/mol. The zero-order valence-corrected chi connectivity index (χ0v) is 13.6. The predicted molar refractivity (Wildman–Crippen MR) is 87.2 cm³/mol. The van der Waals surface area contributed by atoms with Crippen LogP contribution in [-0.2, 0) is 9.59 Å². The van der Waals surface area contributed by atoms with Crippen molar-refractivity contribution in [1.82, 2.24) is 5.32 Å². The van der Waals surface area contributed by atoms with Crippen molar-refractivity contribution in [2.75, 3.05) is 6.61 Å². The number of hydrogen-bond acceptors (Lipinski definition) is 4. The SMILES string of the molecule is CC(C)(C)NC(=O)C(C#N)=Cc1cccc(OCCC(N)=O)c1. The van der Waals surface area contributed by atoms with Gasteiger partial charge in [0.1, 0.15) is 17.4 Å². The number of amides is 2. The Hall–Kier alpha value is -2.81. The summed E-state index contributed by atoms with van der Waals surface area (Å²) in [5.74, 6) is -0.333. The number of nitriles is 1. The van der Waals surface area contributed by atoms with Crippen LogP contribution in [0.25, 0.3) is 6.08 Å². The molecule has 0 fully saturated rings. The van der Waals surface area contributed by atoms with E-state index in [1.54, 1.807) is 24.3 Å². The molecule has 3 N–H and O–H groups in total. The van der Waals surface area contributed by atoms with Gasteiger partial charge in [-0.05, 0) is 44.5 Å². The first kappa shape index (κ1) is 18.2. The fourth-order valence-electron chi connectivity index (χ4n) is 1.69. The van der Waals surface area contributed by atoms with E-state index in [0.717, 1.165) is 0 Å². The van der Waals surface area contributed by atoms with Crippen LogP contribution in [0.1, 0.15) is 32.8 Å². The quantitative estimate of drug-likeness (QED) is 0.616. The van der Waals surface area contributed by atoms with Gasteiger partial charge in [-0.15, -0.1) is 0 Å². The number of benzene rings is 1. The van der Waals surface area contributed by atoms with Gasteiger partial charge in [0.15, 0.2) is 0 Å². The molecule has 0 spiro atoms. The van der Waals surface area contributed by atoms with Gasteiger partial charge in [-0.2, -0.15) is 5.26 Å². The van der Waals surface area contributed by atoms with E-state index in [4.69, 9.17) is 15.7 Å². The van der Waals surface area contributed by atoms with Crippen LogP contribution >= 0.6 is 0 Å². The monoisotopic (exact) mass is 315 g/mol. The maximum atomic E-state index is 12.0. The Morgan fingerprint density at radius 1 is 1.39 bits per heavy atom. The third-order valence-corrected chi connectivity index (χ3v) is 2.64. The van der Waals surface area contributed by atoms with Crippen molar-refractivity contribution in [1.29, 1.82) is 5.26 Å². The van der Waals surface area contributed by atoms with Crippen LogP contribution in [-0.4, -0.2) is 24.0 Å². The molecule has 1 rings (SSSR count). The molecule has 2 amide bonds. The molecular weight excluding hydrogens is 294 g/mol. The summed E-state index contributed by atoms with van der Waals surface area (Å²) in [6.45, 7) is 5.70. The predicted octanol–water partition coefficient (Wildman–Crippen LogP) is 1.76. The van der Waals surface area contributed by atoms with Crippen molar-refractivity contribution >= 4 is 17.9 Å². The van der Waals surface area contributed by atoms with Crippen LogP contribution < -0.4 is 15.8 Å². The molecular formula is C17H21N3O3. The number of nitrogens with zero attached hydrogens (tertiary/aromatic N) is 1. The Bertz CT molecular complexity index is 652. The molecule has 0 saturated carbocycles. The molecule has 1 aromatic rings. The third-order valence-electron chi connectivity index (χ3n) is 2.64. The minimum Gasteiger partial charge on any atom is -0.493 e. The van der Waals surface area contributed by atoms with E-state index in [1.165, 1.54) is 6.08 Å². The second kappa shape index (κ2) is 7.99. The number of rotatable bonds is 6. The van der Waals surface area contributed by atoms with Crippen molar-refractivity contribution in [3.05, 3.63) is 35.4 Å². The van der Waals surface area contributed by atoms with Crippen LogP contribution in [0.3, 0.4) is 0 Å². The average Bonchev–Trinajstić information content (AvgIpc) is 2.43. The van der Waals surface area contributed by atoms with Crippen molar-refractivity contribution in [3.63, 3.8) is 0 Å². The Balaban J connectivity index is 2.86. The van der Waals surface area contributed by atoms with Gasteiger partial charge < -0.3 is 15.8 Å². The molecule has 0 atom stereocenters. The highest BCUT2D eigenvalue weighted by atomic mass is 16.5. The molecule has 0 saturated heterocycles. The Morgan fingerprint density at radius 3 is 2.65 bits per heavy atom. The zero-order valence-electron chi connectivity index (χ0n) is 13.6. The lowest BCUT2D eigenvalue weighted by molar-refractivity contribution is -0.119. The second-order valence-corrected chi connectivity index (χ2v) is 6.01. The summed E-state index contributed by atoms with van der Waals surface area (Å²) in [6, 6.07) is 8.79. The first-order valence-corrected chi connectivity index (χ1v) is 7.17. The minimum atomic E-state index is -0.438. The fourth-order valence-corrected chi connectivity index (χ4v) is 1.69. The molecule has 23 heavy (non-hydrogen) atoms. The summed E-state index contributed by atoms with van der Waals surface area (Å²) in [6.07, 6.45) is 1.61. The summed E-state index contributed by atoms with van der Waals surface area (Å²) in [5.41, 5.74) is 5.28. The van der Waals surface area contributed by atoms with Gasteiger partial charge in [-0.25, -0.2) is 0 Å². The number of carbonyl (C=O) groups excluding carboxylic acids is 2. The van der Waals surface area contributed by atoms with Gasteiger partial charge in [0, 0.05) is 5.54 Å². The van der Waals surface area contributed by atoms with Crippen LogP contribution in [0.4, 0.5) is 0 Å². The third kappa shape index (κ3) is 7.14. The largest absolute Gasteiger partial charge is 0.493 e. The van der Waals surface area contributed by atoms with Crippen LogP contribution in [0, 0.1) is 11.3 Å². The molecule has 1 aromatic carbocycles. The molecule has 0 aliphatic heterocycles. The fraction of sp³-hybridized carbons (Fsp3) is 0.353. The highest BCUT2D eigenvalue weighted by molar-refractivity contribution is 6.02. The lowest BCUT2D eigenvalue weighted by Gasteiger charge is -2.20. The van der Waals surface area contributed by atoms with E-state index in [2.05, 4.69) is 5.32 Å². The zero-order chi connectivity index (χ0) is 17.5. The summed E-state index contributed by atoms with van der Waals surface area (Å²) in [5, 5.41) is 11.9. The van der Waals surface area contributed by atoms with Gasteiger partial charge in [-0.3, -0.25) is 9.59 Å². The van der Waals surface area contributed by atoms with E-state index in [-0.39, 0.29) is 18.6 Å². The van der Waals surface area contributed by atoms with E-state index in [1.807, 2.05) is 26.8 Å². The normalized spacial score (nSPS) is 11.5. The van der Waals surface area contributed by atoms with Crippen LogP contribution in [0.2, 0.25) is 0 Å². The molecule has 0 aliphatic rings. The molecule has 6 heteroatoms. The van der Waals surface area contributed by atoms with E-state index in [9.17, 15) is 9.59 Å². The van der Waals surface area contributed by atoms with Crippen molar-refractivity contribution in [2.45, 2.75) is 32.7 Å². The molecule has 0 unspecified atom stereocenters. The molecule has 6 nitrogen and oxygen atoms in total. The summed E-state index contributed by atoms with van der Waals surface area (Å²) < 4.78 is 5.40. The second-order valence-electron chi connectivity index (χ2n) is 6.01. The summed E-state index contributed by atoms with van der Waals surface area (Å²) in [7, 11) is 0. The highest BCUT2D eigenvalue weighted by Gasteiger charge is 2.17. The van der Waals surface area contributed by atoms with Crippen molar-refractivity contribution in [2.24, 2.45) is 5.73 Å². The molecule has 0 bridgehead atoms. The number of hydrogen-bond donors (Lipinski definition) is 2. The topological polar surface area (TPSA) is 105 Å². The summed E-state index contributed by atoms with van der Waals surface area (Å²) >= 11 is 0. The number of ether oxygens (including phenoxy) is 1. The van der Waals surface area contributed by atoms with Gasteiger partial charge in [0.2, 0.25) is 5.91 Å². The van der Waals surface area contributed by atoms with Crippen LogP contribution in [0.15, 0.2) is 29.8 Å². The van der Waals surface area contributed by atoms with E-state index in [0.29, 0.717) is 11.3 Å². The Labute approximate surface area is 135 Å². The van der Waals surface area contributed by atoms with Crippen molar-refractivity contribution < 1.29 is 14.3 Å². The lowest BCUT2D eigenvalue weighted by atomic mass is 10.1. The minimum absolute atomic E-state index is 0.00853. The lowest BCUT2D eigenvalue weighted by Crippen LogP contribution is -2.41. The Kier molecular flexibility index (Phi) is 6.34. The molecule has 0 radical (unpaired) electrons.